The number of hydrogen-bond donors (Lipinski definition) is 0. The standard InChI is InChI=1S/C31H28F2N4O3/c1-31(2,3)40-30(38)37-12-5-6-19(11-13-37)26-16-23(18-35)28(20-9-10-27(39-4)25(33)14-20)29(36-26)21-7-8-22(17-34)24(32)15-21/h6-10,14-16H,5,11-13H2,1-4H3. The molecule has 7 nitrogen and oxygen atoms in total. The lowest BCUT2D eigenvalue weighted by Crippen LogP contribution is -2.37. The number of ether oxygens (including phenoxy) is 2. The lowest BCUT2D eigenvalue weighted by Gasteiger charge is -2.26. The molecule has 0 saturated carbocycles. The van der Waals surface area contributed by atoms with Crippen molar-refractivity contribution in [2.45, 2.75) is 39.2 Å². The van der Waals surface area contributed by atoms with Gasteiger partial charge in [0.05, 0.1) is 35.7 Å². The van der Waals surface area contributed by atoms with Crippen molar-refractivity contribution in [3.63, 3.8) is 0 Å². The van der Waals surface area contributed by atoms with Crippen LogP contribution in [-0.2, 0) is 4.74 Å². The van der Waals surface area contributed by atoms with Crippen molar-refractivity contribution in [3.05, 3.63) is 77.0 Å². The maximum Gasteiger partial charge on any atom is 0.410 e. The largest absolute Gasteiger partial charge is 0.494 e. The first kappa shape index (κ1) is 28.3. The number of carbonyl (C=O) groups is 1. The van der Waals surface area contributed by atoms with Gasteiger partial charge in [-0.3, -0.25) is 0 Å². The van der Waals surface area contributed by atoms with Crippen molar-refractivity contribution in [1.29, 1.82) is 10.5 Å². The zero-order chi connectivity index (χ0) is 29.0. The van der Waals surface area contributed by atoms with Crippen molar-refractivity contribution in [2.75, 3.05) is 20.2 Å². The Hall–Kier alpha value is -4.76. The van der Waals surface area contributed by atoms with Crippen LogP contribution >= 0.6 is 0 Å². The van der Waals surface area contributed by atoms with E-state index in [1.807, 2.05) is 26.8 Å². The van der Waals surface area contributed by atoms with Crippen molar-refractivity contribution in [2.24, 2.45) is 0 Å². The number of aromatic nitrogens is 1. The van der Waals surface area contributed by atoms with Crippen molar-refractivity contribution in [1.82, 2.24) is 9.88 Å². The molecule has 1 aliphatic heterocycles. The average Bonchev–Trinajstić information content (AvgIpc) is 3.18. The summed E-state index contributed by atoms with van der Waals surface area (Å²) >= 11 is 0. The molecular weight excluding hydrogens is 514 g/mol. The molecule has 3 aromatic rings. The molecular formula is C31H28F2N4O3. The highest BCUT2D eigenvalue weighted by atomic mass is 19.1. The Bertz CT molecular complexity index is 1580. The van der Waals surface area contributed by atoms with E-state index in [0.29, 0.717) is 48.3 Å². The van der Waals surface area contributed by atoms with Crippen molar-refractivity contribution < 1.29 is 23.0 Å². The molecule has 2 aromatic carbocycles. The Labute approximate surface area is 231 Å². The minimum atomic E-state index is -0.737. The average molecular weight is 543 g/mol. The second-order valence-corrected chi connectivity index (χ2v) is 10.3. The lowest BCUT2D eigenvalue weighted by atomic mass is 9.92. The van der Waals surface area contributed by atoms with Crippen LogP contribution in [0.15, 0.2) is 48.5 Å². The summed E-state index contributed by atoms with van der Waals surface area (Å²) < 4.78 is 40.0. The monoisotopic (exact) mass is 542 g/mol. The van der Waals surface area contributed by atoms with Crippen molar-refractivity contribution >= 4 is 11.7 Å². The smallest absolute Gasteiger partial charge is 0.410 e. The van der Waals surface area contributed by atoms with Gasteiger partial charge < -0.3 is 14.4 Å². The second kappa shape index (κ2) is 11.5. The summed E-state index contributed by atoms with van der Waals surface area (Å²) in [6.45, 7) is 6.27. The van der Waals surface area contributed by atoms with Gasteiger partial charge in [0, 0.05) is 24.2 Å². The van der Waals surface area contributed by atoms with E-state index in [9.17, 15) is 24.1 Å². The Kier molecular flexibility index (Phi) is 8.16. The van der Waals surface area contributed by atoms with Gasteiger partial charge in [-0.15, -0.1) is 0 Å². The van der Waals surface area contributed by atoms with Crippen LogP contribution < -0.4 is 4.74 Å². The zero-order valence-electron chi connectivity index (χ0n) is 22.7. The number of rotatable bonds is 4. The minimum absolute atomic E-state index is 0.0379. The minimum Gasteiger partial charge on any atom is -0.494 e. The van der Waals surface area contributed by atoms with E-state index in [0.717, 1.165) is 5.57 Å². The van der Waals surface area contributed by atoms with Gasteiger partial charge in [0.15, 0.2) is 11.6 Å². The van der Waals surface area contributed by atoms with Crippen LogP contribution in [0.25, 0.3) is 28.0 Å². The number of amides is 1. The maximum atomic E-state index is 14.7. The molecule has 0 unspecified atom stereocenters. The van der Waals surface area contributed by atoms with Crippen LogP contribution in [0.5, 0.6) is 5.75 Å². The van der Waals surface area contributed by atoms with E-state index in [-0.39, 0.29) is 22.6 Å². The lowest BCUT2D eigenvalue weighted by molar-refractivity contribution is 0.0260. The van der Waals surface area contributed by atoms with E-state index in [1.54, 1.807) is 29.2 Å². The Morgan fingerprint density at radius 2 is 1.68 bits per heavy atom. The summed E-state index contributed by atoms with van der Waals surface area (Å²) in [6, 6.07) is 14.0. The van der Waals surface area contributed by atoms with Gasteiger partial charge in [-0.05, 0) is 75.1 Å². The molecule has 0 atom stereocenters. The van der Waals surface area contributed by atoms with Crippen LogP contribution in [0.3, 0.4) is 0 Å². The van der Waals surface area contributed by atoms with Gasteiger partial charge in [0.25, 0.3) is 0 Å². The summed E-state index contributed by atoms with van der Waals surface area (Å²) in [5.74, 6) is -1.33. The van der Waals surface area contributed by atoms with Crippen LogP contribution in [0.2, 0.25) is 0 Å². The number of nitrogens with zero attached hydrogens (tertiary/aromatic N) is 4. The van der Waals surface area contributed by atoms with E-state index in [1.165, 1.54) is 31.4 Å². The number of nitriles is 2. The maximum absolute atomic E-state index is 14.7. The fourth-order valence-corrected chi connectivity index (χ4v) is 4.48. The number of benzene rings is 2. The highest BCUT2D eigenvalue weighted by Crippen LogP contribution is 2.38. The van der Waals surface area contributed by atoms with Crippen LogP contribution in [0.1, 0.15) is 50.4 Å². The molecule has 204 valence electrons. The third-order valence-corrected chi connectivity index (χ3v) is 6.36. The second-order valence-electron chi connectivity index (χ2n) is 10.3. The van der Waals surface area contributed by atoms with Crippen LogP contribution in [-0.4, -0.2) is 41.8 Å². The van der Waals surface area contributed by atoms with Gasteiger partial charge >= 0.3 is 6.09 Å². The van der Waals surface area contributed by atoms with E-state index in [4.69, 9.17) is 14.5 Å². The van der Waals surface area contributed by atoms with Crippen LogP contribution in [0.4, 0.5) is 13.6 Å². The summed E-state index contributed by atoms with van der Waals surface area (Å²) in [6.07, 6.45) is 2.56. The normalized spacial score (nSPS) is 13.5. The molecule has 1 aliphatic rings. The first-order valence-corrected chi connectivity index (χ1v) is 12.7. The molecule has 4 rings (SSSR count). The summed E-state index contributed by atoms with van der Waals surface area (Å²) in [5.41, 5.74) is 2.02. The van der Waals surface area contributed by atoms with E-state index < -0.39 is 23.3 Å². The molecule has 9 heteroatoms. The zero-order valence-corrected chi connectivity index (χ0v) is 22.7. The number of carbonyl (C=O) groups excluding carboxylic acids is 1. The Balaban J connectivity index is 1.82. The molecule has 0 bridgehead atoms. The summed E-state index contributed by atoms with van der Waals surface area (Å²) in [4.78, 5) is 19.1. The fourth-order valence-electron chi connectivity index (χ4n) is 4.48. The molecule has 0 spiro atoms. The molecule has 40 heavy (non-hydrogen) atoms. The van der Waals surface area contributed by atoms with Gasteiger partial charge in [0.1, 0.15) is 17.5 Å². The predicted molar refractivity (Wildman–Crippen MR) is 146 cm³/mol. The van der Waals surface area contributed by atoms with Gasteiger partial charge in [-0.25, -0.2) is 18.6 Å². The first-order chi connectivity index (χ1) is 19.0. The number of pyridine rings is 1. The van der Waals surface area contributed by atoms with E-state index >= 15 is 0 Å². The summed E-state index contributed by atoms with van der Waals surface area (Å²) in [5, 5.41) is 19.3. The fraction of sp³-hybridized carbons (Fsp3) is 0.290. The van der Waals surface area contributed by atoms with Crippen LogP contribution in [0, 0.1) is 34.3 Å². The molecule has 0 radical (unpaired) electrons. The van der Waals surface area contributed by atoms with Gasteiger partial charge in [-0.2, -0.15) is 10.5 Å². The third-order valence-electron chi connectivity index (χ3n) is 6.36. The molecule has 0 N–H and O–H groups in total. The molecule has 0 fully saturated rings. The highest BCUT2D eigenvalue weighted by molar-refractivity contribution is 5.87. The molecule has 0 aliphatic carbocycles. The van der Waals surface area contributed by atoms with Gasteiger partial charge in [-0.1, -0.05) is 18.2 Å². The molecule has 2 heterocycles. The Morgan fingerprint density at radius 1 is 0.975 bits per heavy atom. The van der Waals surface area contributed by atoms with E-state index in [2.05, 4.69) is 6.07 Å². The quantitative estimate of drug-likeness (QED) is 0.357. The molecule has 1 amide bonds. The topological polar surface area (TPSA) is 99.2 Å². The number of hydrogen-bond acceptors (Lipinski definition) is 6. The molecule has 1 aromatic heterocycles. The Morgan fingerprint density at radius 3 is 2.30 bits per heavy atom. The first-order valence-electron chi connectivity index (χ1n) is 12.7. The highest BCUT2D eigenvalue weighted by Gasteiger charge is 2.25. The molecule has 0 saturated heterocycles. The van der Waals surface area contributed by atoms with Gasteiger partial charge in [0.2, 0.25) is 0 Å². The number of halogens is 2. The SMILES string of the molecule is COc1ccc(-c2c(C#N)cc(C3=CCCN(C(=O)OC(C)(C)C)CC3)nc2-c2ccc(C#N)c(F)c2)cc1F. The number of methoxy groups -OCH3 is 1. The third kappa shape index (κ3) is 6.10. The predicted octanol–water partition coefficient (Wildman–Crippen LogP) is 6.86. The summed E-state index contributed by atoms with van der Waals surface area (Å²) in [7, 11) is 1.35. The van der Waals surface area contributed by atoms with Crippen molar-refractivity contribution in [3.8, 4) is 40.3 Å².